The third-order valence-corrected chi connectivity index (χ3v) is 8.44. The molecule has 2 fully saturated rings. The third kappa shape index (κ3) is 6.35. The van der Waals surface area contributed by atoms with Gasteiger partial charge in [-0.2, -0.15) is 26.3 Å². The van der Waals surface area contributed by atoms with Gasteiger partial charge in [0.05, 0.1) is 17.0 Å². The van der Waals surface area contributed by atoms with Gasteiger partial charge in [0.25, 0.3) is 0 Å². The van der Waals surface area contributed by atoms with E-state index in [1.165, 1.54) is 24.3 Å². The van der Waals surface area contributed by atoms with Crippen molar-refractivity contribution in [2.75, 3.05) is 6.54 Å². The van der Waals surface area contributed by atoms with Crippen molar-refractivity contribution in [3.05, 3.63) is 70.8 Å². The fourth-order valence-electron chi connectivity index (χ4n) is 6.27. The van der Waals surface area contributed by atoms with E-state index in [2.05, 4.69) is 4.90 Å². The molecular weight excluding hydrogens is 508 g/mol. The normalized spacial score (nSPS) is 23.7. The number of hydrogen-bond donors (Lipinski definition) is 1. The summed E-state index contributed by atoms with van der Waals surface area (Å²) in [7, 11) is 0. The average molecular weight is 542 g/mol. The van der Waals surface area contributed by atoms with Crippen molar-refractivity contribution in [2.45, 2.75) is 76.3 Å². The summed E-state index contributed by atoms with van der Waals surface area (Å²) in [5.74, 6) is -1.52. The van der Waals surface area contributed by atoms with E-state index in [1.54, 1.807) is 6.92 Å². The molecule has 1 unspecified atom stereocenters. The first-order valence-corrected chi connectivity index (χ1v) is 13.2. The van der Waals surface area contributed by atoms with E-state index in [0.29, 0.717) is 24.9 Å². The maximum absolute atomic E-state index is 13.3. The van der Waals surface area contributed by atoms with E-state index >= 15 is 0 Å². The molecule has 3 nitrogen and oxygen atoms in total. The van der Waals surface area contributed by atoms with E-state index < -0.39 is 35.4 Å². The first-order valence-electron chi connectivity index (χ1n) is 13.2. The first-order chi connectivity index (χ1) is 17.9. The van der Waals surface area contributed by atoms with Crippen LogP contribution in [0.2, 0.25) is 0 Å². The molecule has 0 aromatic heterocycles. The number of piperidine rings is 1. The van der Waals surface area contributed by atoms with Crippen LogP contribution in [0.5, 0.6) is 0 Å². The zero-order valence-electron chi connectivity index (χ0n) is 21.2. The second-order valence-electron chi connectivity index (χ2n) is 10.7. The topological polar surface area (TPSA) is 40.5 Å². The molecule has 2 aromatic rings. The molecule has 9 heteroatoms. The number of rotatable bonds is 6. The number of carboxylic acid groups (broad SMARTS) is 1. The summed E-state index contributed by atoms with van der Waals surface area (Å²) in [5.41, 5.74) is -0.0675. The highest BCUT2D eigenvalue weighted by Gasteiger charge is 2.41. The van der Waals surface area contributed by atoms with E-state index in [9.17, 15) is 36.2 Å². The molecule has 38 heavy (non-hydrogen) atoms. The van der Waals surface area contributed by atoms with Crippen LogP contribution in [0.15, 0.2) is 48.5 Å². The monoisotopic (exact) mass is 541 g/mol. The van der Waals surface area contributed by atoms with E-state index in [4.69, 9.17) is 0 Å². The minimum absolute atomic E-state index is 0.171. The lowest BCUT2D eigenvalue weighted by Crippen LogP contribution is -2.44. The molecule has 2 aromatic carbocycles. The van der Waals surface area contributed by atoms with E-state index in [1.807, 2.05) is 0 Å². The largest absolute Gasteiger partial charge is 0.481 e. The van der Waals surface area contributed by atoms with Crippen molar-refractivity contribution < 1.29 is 36.2 Å². The van der Waals surface area contributed by atoms with Crippen LogP contribution in [0.3, 0.4) is 0 Å². The van der Waals surface area contributed by atoms with Crippen LogP contribution in [-0.4, -0.2) is 22.5 Å². The standard InChI is InChI=1S/C29H33F6NO2/c1-18(27(37)38)22-15-16-36(25(17-22)19-7-11-23(12-8-19)28(30,31)32)26(20-5-3-2-4-6-20)21-9-13-24(14-10-21)29(33,34)35/h7-14,18,20,22,25-26H,2-6,15-17H2,1H3,(H,37,38)/t18?,22-,25-,26+/m0/s1. The second kappa shape index (κ2) is 11.3. The van der Waals surface area contributed by atoms with Gasteiger partial charge < -0.3 is 5.11 Å². The summed E-state index contributed by atoms with van der Waals surface area (Å²) < 4.78 is 79.6. The van der Waals surface area contributed by atoms with Crippen LogP contribution in [0, 0.1) is 17.8 Å². The molecule has 1 N–H and O–H groups in total. The van der Waals surface area contributed by atoms with Gasteiger partial charge >= 0.3 is 18.3 Å². The van der Waals surface area contributed by atoms with Gasteiger partial charge in [-0.1, -0.05) is 50.5 Å². The van der Waals surface area contributed by atoms with Crippen molar-refractivity contribution in [1.29, 1.82) is 0 Å². The molecule has 1 heterocycles. The number of benzene rings is 2. The number of carboxylic acids is 1. The van der Waals surface area contributed by atoms with Gasteiger partial charge in [0, 0.05) is 12.1 Å². The van der Waals surface area contributed by atoms with Gasteiger partial charge in [-0.25, -0.2) is 0 Å². The maximum atomic E-state index is 13.3. The predicted molar refractivity (Wildman–Crippen MR) is 131 cm³/mol. The summed E-state index contributed by atoms with van der Waals surface area (Å²) in [6.45, 7) is 2.16. The van der Waals surface area contributed by atoms with Crippen molar-refractivity contribution in [3.63, 3.8) is 0 Å². The van der Waals surface area contributed by atoms with Crippen LogP contribution in [0.1, 0.15) is 86.2 Å². The molecule has 1 saturated heterocycles. The lowest BCUT2D eigenvalue weighted by molar-refractivity contribution is -0.144. The maximum Gasteiger partial charge on any atom is 0.416 e. The van der Waals surface area contributed by atoms with Gasteiger partial charge in [-0.05, 0) is 79.5 Å². The van der Waals surface area contributed by atoms with Crippen LogP contribution < -0.4 is 0 Å². The van der Waals surface area contributed by atoms with Gasteiger partial charge in [-0.15, -0.1) is 0 Å². The fourth-order valence-corrected chi connectivity index (χ4v) is 6.27. The summed E-state index contributed by atoms with van der Waals surface area (Å²) >= 11 is 0. The lowest BCUT2D eigenvalue weighted by atomic mass is 9.75. The van der Waals surface area contributed by atoms with Crippen LogP contribution >= 0.6 is 0 Å². The molecule has 208 valence electrons. The van der Waals surface area contributed by atoms with Crippen LogP contribution in [0.4, 0.5) is 26.3 Å². The van der Waals surface area contributed by atoms with Gasteiger partial charge in [0.1, 0.15) is 0 Å². The number of hydrogen-bond acceptors (Lipinski definition) is 2. The Labute approximate surface area is 218 Å². The molecule has 0 spiro atoms. The molecular formula is C29H33F6NO2. The predicted octanol–water partition coefficient (Wildman–Crippen LogP) is 8.52. The Hall–Kier alpha value is -2.55. The summed E-state index contributed by atoms with van der Waals surface area (Å²) in [6, 6.07) is 9.68. The van der Waals surface area contributed by atoms with Gasteiger partial charge in [0.15, 0.2) is 0 Å². The Morgan fingerprint density at radius 3 is 1.84 bits per heavy atom. The SMILES string of the molecule is CC(C(=O)O)[C@H]1CCN([C@@H](c2ccc(C(F)(F)F)cc2)C2CCCCC2)[C@H](c2ccc(C(F)(F)F)cc2)C1. The number of halogens is 6. The summed E-state index contributed by atoms with van der Waals surface area (Å²) in [5, 5.41) is 9.64. The minimum atomic E-state index is -4.48. The lowest BCUT2D eigenvalue weighted by Gasteiger charge is -2.48. The smallest absolute Gasteiger partial charge is 0.416 e. The number of nitrogens with zero attached hydrogens (tertiary/aromatic N) is 1. The van der Waals surface area contributed by atoms with Crippen molar-refractivity contribution in [3.8, 4) is 0 Å². The third-order valence-electron chi connectivity index (χ3n) is 8.44. The Bertz CT molecular complexity index is 1070. The van der Waals surface area contributed by atoms with E-state index in [-0.39, 0.29) is 23.9 Å². The number of carbonyl (C=O) groups is 1. The van der Waals surface area contributed by atoms with Crippen molar-refractivity contribution >= 4 is 5.97 Å². The first kappa shape index (κ1) is 28.5. The highest BCUT2D eigenvalue weighted by molar-refractivity contribution is 5.69. The summed E-state index contributed by atoms with van der Waals surface area (Å²) in [6.07, 6.45) is -2.94. The Balaban J connectivity index is 1.74. The van der Waals surface area contributed by atoms with Gasteiger partial charge in [-0.3, -0.25) is 9.69 Å². The quantitative estimate of drug-likeness (QED) is 0.373. The van der Waals surface area contributed by atoms with E-state index in [0.717, 1.165) is 61.9 Å². The van der Waals surface area contributed by atoms with Crippen LogP contribution in [-0.2, 0) is 17.1 Å². The number of likely N-dealkylation sites (tertiary alicyclic amines) is 1. The molecule has 0 radical (unpaired) electrons. The second-order valence-corrected chi connectivity index (χ2v) is 10.7. The molecule has 0 amide bonds. The highest BCUT2D eigenvalue weighted by atomic mass is 19.4. The number of aliphatic carboxylic acids is 1. The zero-order valence-corrected chi connectivity index (χ0v) is 21.2. The van der Waals surface area contributed by atoms with Crippen molar-refractivity contribution in [2.24, 2.45) is 17.8 Å². The average Bonchev–Trinajstić information content (AvgIpc) is 2.88. The molecule has 1 aliphatic carbocycles. The molecule has 0 bridgehead atoms. The van der Waals surface area contributed by atoms with Crippen molar-refractivity contribution in [1.82, 2.24) is 4.90 Å². The highest BCUT2D eigenvalue weighted by Crippen LogP contribution is 2.48. The zero-order chi connectivity index (χ0) is 27.7. The fraction of sp³-hybridized carbons (Fsp3) is 0.552. The molecule has 1 saturated carbocycles. The minimum Gasteiger partial charge on any atom is -0.481 e. The Kier molecular flexibility index (Phi) is 8.45. The summed E-state index contributed by atoms with van der Waals surface area (Å²) in [4.78, 5) is 14.0. The Morgan fingerprint density at radius 2 is 1.34 bits per heavy atom. The molecule has 4 atom stereocenters. The Morgan fingerprint density at radius 1 is 0.816 bits per heavy atom. The van der Waals surface area contributed by atoms with Gasteiger partial charge in [0.2, 0.25) is 0 Å². The molecule has 4 rings (SSSR count). The van der Waals surface area contributed by atoms with Crippen LogP contribution in [0.25, 0.3) is 0 Å². The number of alkyl halides is 6. The molecule has 2 aliphatic rings. The molecule has 1 aliphatic heterocycles.